The van der Waals surface area contributed by atoms with Crippen LogP contribution in [0.25, 0.3) is 0 Å². The van der Waals surface area contributed by atoms with E-state index in [-0.39, 0.29) is 0 Å². The molecule has 0 bridgehead atoms. The number of ether oxygens (including phenoxy) is 2. The molecule has 3 rings (SSSR count). The van der Waals surface area contributed by atoms with Gasteiger partial charge >= 0.3 is 0 Å². The van der Waals surface area contributed by atoms with Crippen LogP contribution in [-0.2, 0) is 0 Å². The van der Waals surface area contributed by atoms with Crippen molar-refractivity contribution >= 4 is 0 Å². The van der Waals surface area contributed by atoms with Gasteiger partial charge in [0, 0.05) is 0 Å². The van der Waals surface area contributed by atoms with E-state index in [2.05, 4.69) is 38.1 Å². The molecule has 2 nitrogen and oxygen atoms in total. The van der Waals surface area contributed by atoms with E-state index in [1.54, 1.807) is 0 Å². The van der Waals surface area contributed by atoms with Crippen molar-refractivity contribution in [2.24, 2.45) is 23.7 Å². The Bertz CT molecular complexity index is 557. The van der Waals surface area contributed by atoms with E-state index < -0.39 is 0 Å². The predicted molar refractivity (Wildman–Crippen MR) is 127 cm³/mol. The fourth-order valence-electron chi connectivity index (χ4n) is 5.89. The Kier molecular flexibility index (Phi) is 10.4. The molecule has 1 aromatic rings. The lowest BCUT2D eigenvalue weighted by Gasteiger charge is -2.31. The lowest BCUT2D eigenvalue weighted by atomic mass is 9.75. The molecule has 0 spiro atoms. The van der Waals surface area contributed by atoms with E-state index in [4.69, 9.17) is 9.47 Å². The Morgan fingerprint density at radius 1 is 0.667 bits per heavy atom. The summed E-state index contributed by atoms with van der Waals surface area (Å²) >= 11 is 0. The zero-order valence-electron chi connectivity index (χ0n) is 19.7. The summed E-state index contributed by atoms with van der Waals surface area (Å²) in [7, 11) is 0. The highest BCUT2D eigenvalue weighted by Crippen LogP contribution is 2.36. The summed E-state index contributed by atoms with van der Waals surface area (Å²) in [6, 6.07) is 8.31. The number of hydrogen-bond acceptors (Lipinski definition) is 2. The molecule has 0 amide bonds. The van der Waals surface area contributed by atoms with Crippen LogP contribution < -0.4 is 9.47 Å². The Morgan fingerprint density at radius 2 is 1.23 bits per heavy atom. The lowest BCUT2D eigenvalue weighted by Crippen LogP contribution is -2.20. The van der Waals surface area contributed by atoms with Crippen LogP contribution in [0.15, 0.2) is 24.3 Å². The summed E-state index contributed by atoms with van der Waals surface area (Å²) in [6.07, 6.45) is 19.3. The minimum Gasteiger partial charge on any atom is -0.494 e. The fraction of sp³-hybridized carbons (Fsp3) is 0.786. The smallest absolute Gasteiger partial charge is 0.119 e. The van der Waals surface area contributed by atoms with Gasteiger partial charge in [0.05, 0.1) is 13.2 Å². The molecule has 2 aliphatic carbocycles. The maximum atomic E-state index is 6.08. The molecule has 2 aliphatic rings. The summed E-state index contributed by atoms with van der Waals surface area (Å²) in [5.74, 6) is 5.60. The SMILES string of the molecule is CCCC1CCC(COc2ccc(OCCCC3CCCCC3CCC)cc2)CC1. The Hall–Kier alpha value is -1.18. The first kappa shape index (κ1) is 23.5. The van der Waals surface area contributed by atoms with Gasteiger partial charge in [-0.15, -0.1) is 0 Å². The Morgan fingerprint density at radius 3 is 1.87 bits per heavy atom. The fourth-order valence-corrected chi connectivity index (χ4v) is 5.89. The minimum absolute atomic E-state index is 0.741. The topological polar surface area (TPSA) is 18.5 Å². The van der Waals surface area contributed by atoms with Crippen molar-refractivity contribution in [3.05, 3.63) is 24.3 Å². The van der Waals surface area contributed by atoms with E-state index in [0.29, 0.717) is 0 Å². The van der Waals surface area contributed by atoms with Crippen LogP contribution in [0.1, 0.15) is 104 Å². The third-order valence-corrected chi connectivity index (χ3v) is 7.69. The standard InChI is InChI=1S/C28H46O2/c1-3-8-23-13-15-24(16-14-23)22-30-28-19-17-27(18-20-28)29-21-7-12-26-11-6-5-10-25(26)9-4-2/h17-20,23-26H,3-16,21-22H2,1-2H3. The van der Waals surface area contributed by atoms with Crippen molar-refractivity contribution in [1.29, 1.82) is 0 Å². The molecule has 2 heteroatoms. The minimum atomic E-state index is 0.741. The van der Waals surface area contributed by atoms with Gasteiger partial charge in [0.2, 0.25) is 0 Å². The monoisotopic (exact) mass is 414 g/mol. The normalized spacial score (nSPS) is 27.0. The predicted octanol–water partition coefficient (Wildman–Crippen LogP) is 8.44. The molecule has 0 aliphatic heterocycles. The summed E-state index contributed by atoms with van der Waals surface area (Å²) in [6.45, 7) is 6.36. The largest absolute Gasteiger partial charge is 0.494 e. The van der Waals surface area contributed by atoms with Gasteiger partial charge in [-0.2, -0.15) is 0 Å². The highest BCUT2D eigenvalue weighted by molar-refractivity contribution is 5.31. The van der Waals surface area contributed by atoms with E-state index in [0.717, 1.165) is 48.4 Å². The molecule has 1 aromatic carbocycles. The molecule has 2 fully saturated rings. The maximum absolute atomic E-state index is 6.08. The maximum Gasteiger partial charge on any atom is 0.119 e. The van der Waals surface area contributed by atoms with Gasteiger partial charge in [-0.1, -0.05) is 78.1 Å². The lowest BCUT2D eigenvalue weighted by molar-refractivity contribution is 0.178. The van der Waals surface area contributed by atoms with Gasteiger partial charge in [-0.25, -0.2) is 0 Å². The second-order valence-corrected chi connectivity index (χ2v) is 10.0. The molecular weight excluding hydrogens is 368 g/mol. The van der Waals surface area contributed by atoms with Crippen LogP contribution in [-0.4, -0.2) is 13.2 Å². The van der Waals surface area contributed by atoms with E-state index in [1.165, 1.54) is 89.9 Å². The molecule has 0 N–H and O–H groups in total. The van der Waals surface area contributed by atoms with E-state index >= 15 is 0 Å². The highest BCUT2D eigenvalue weighted by atomic mass is 16.5. The quantitative estimate of drug-likeness (QED) is 0.319. The molecule has 2 atom stereocenters. The summed E-state index contributed by atoms with van der Waals surface area (Å²) in [5, 5.41) is 0. The zero-order valence-corrected chi connectivity index (χ0v) is 19.7. The van der Waals surface area contributed by atoms with Crippen LogP contribution >= 0.6 is 0 Å². The van der Waals surface area contributed by atoms with Crippen LogP contribution in [0.4, 0.5) is 0 Å². The molecule has 2 unspecified atom stereocenters. The van der Waals surface area contributed by atoms with Gasteiger partial charge in [-0.05, 0) is 73.6 Å². The average Bonchev–Trinajstić information content (AvgIpc) is 2.78. The molecular formula is C28H46O2. The summed E-state index contributed by atoms with van der Waals surface area (Å²) in [4.78, 5) is 0. The van der Waals surface area contributed by atoms with Crippen molar-refractivity contribution in [2.45, 2.75) is 104 Å². The van der Waals surface area contributed by atoms with Gasteiger partial charge in [0.15, 0.2) is 0 Å². The Balaban J connectivity index is 1.30. The van der Waals surface area contributed by atoms with Crippen LogP contribution in [0.5, 0.6) is 11.5 Å². The highest BCUT2D eigenvalue weighted by Gasteiger charge is 2.24. The first-order chi connectivity index (χ1) is 14.8. The molecule has 0 aromatic heterocycles. The molecule has 0 radical (unpaired) electrons. The van der Waals surface area contributed by atoms with Gasteiger partial charge in [0.25, 0.3) is 0 Å². The number of hydrogen-bond donors (Lipinski definition) is 0. The second-order valence-electron chi connectivity index (χ2n) is 10.0. The van der Waals surface area contributed by atoms with Crippen LogP contribution in [0, 0.1) is 23.7 Å². The van der Waals surface area contributed by atoms with Crippen molar-refractivity contribution in [1.82, 2.24) is 0 Å². The second kappa shape index (κ2) is 13.3. The van der Waals surface area contributed by atoms with Gasteiger partial charge < -0.3 is 9.47 Å². The number of benzene rings is 1. The molecule has 0 heterocycles. The van der Waals surface area contributed by atoms with E-state index in [1.807, 2.05) is 0 Å². The van der Waals surface area contributed by atoms with Crippen molar-refractivity contribution in [3.63, 3.8) is 0 Å². The van der Waals surface area contributed by atoms with Crippen molar-refractivity contribution < 1.29 is 9.47 Å². The summed E-state index contributed by atoms with van der Waals surface area (Å²) in [5.41, 5.74) is 0. The van der Waals surface area contributed by atoms with Crippen molar-refractivity contribution in [2.75, 3.05) is 13.2 Å². The molecule has 0 saturated heterocycles. The Labute approximate surface area is 186 Å². The van der Waals surface area contributed by atoms with Gasteiger partial charge in [0.1, 0.15) is 11.5 Å². The third kappa shape index (κ3) is 7.82. The zero-order chi connectivity index (χ0) is 21.0. The molecule has 170 valence electrons. The first-order valence-corrected chi connectivity index (χ1v) is 13.1. The average molecular weight is 415 g/mol. The van der Waals surface area contributed by atoms with Crippen LogP contribution in [0.2, 0.25) is 0 Å². The third-order valence-electron chi connectivity index (χ3n) is 7.69. The van der Waals surface area contributed by atoms with Crippen LogP contribution in [0.3, 0.4) is 0 Å². The molecule has 2 saturated carbocycles. The van der Waals surface area contributed by atoms with Gasteiger partial charge in [-0.3, -0.25) is 0 Å². The number of rotatable bonds is 12. The van der Waals surface area contributed by atoms with E-state index in [9.17, 15) is 0 Å². The summed E-state index contributed by atoms with van der Waals surface area (Å²) < 4.78 is 12.1. The molecule has 30 heavy (non-hydrogen) atoms. The first-order valence-electron chi connectivity index (χ1n) is 13.1. The van der Waals surface area contributed by atoms with Crippen molar-refractivity contribution in [3.8, 4) is 11.5 Å².